The fraction of sp³-hybridized carbons (Fsp3) is 0.238. The minimum atomic E-state index is -0.919. The Morgan fingerprint density at radius 2 is 1.93 bits per heavy atom. The number of fused-ring (bicyclic) bond motifs is 1. The van der Waals surface area contributed by atoms with Crippen LogP contribution in [0, 0.1) is 17.1 Å². The van der Waals surface area contributed by atoms with Gasteiger partial charge >= 0.3 is 0 Å². The molecule has 3 aromatic rings. The second-order valence-electron chi connectivity index (χ2n) is 6.73. The Morgan fingerprint density at radius 3 is 2.57 bits per heavy atom. The van der Waals surface area contributed by atoms with Crippen LogP contribution >= 0.6 is 0 Å². The third kappa shape index (κ3) is 3.03. The molecule has 2 aromatic carbocycles. The van der Waals surface area contributed by atoms with Crippen molar-refractivity contribution in [2.45, 2.75) is 12.2 Å². The molecular weight excluding hydrogens is 361 g/mol. The lowest BCUT2D eigenvalue weighted by atomic mass is 9.95. The van der Waals surface area contributed by atoms with Crippen LogP contribution in [0.2, 0.25) is 0 Å². The van der Waals surface area contributed by atoms with Crippen molar-refractivity contribution in [3.05, 3.63) is 53.8 Å². The van der Waals surface area contributed by atoms with Crippen LogP contribution in [0.25, 0.3) is 22.0 Å². The molecule has 7 heteroatoms. The number of β-amino-alcohol motifs (C(OH)–C–C–N with tert-alkyl or cyclic N) is 2. The number of nitriles is 1. The molecule has 0 saturated carbocycles. The lowest BCUT2D eigenvalue weighted by Crippen LogP contribution is -2.23. The summed E-state index contributed by atoms with van der Waals surface area (Å²) >= 11 is 0. The van der Waals surface area contributed by atoms with Crippen LogP contribution in [0.3, 0.4) is 0 Å². The normalized spacial score (nSPS) is 19.0. The van der Waals surface area contributed by atoms with E-state index in [1.165, 1.54) is 12.1 Å². The molecule has 0 radical (unpaired) electrons. The van der Waals surface area contributed by atoms with E-state index in [2.05, 4.69) is 11.1 Å². The Morgan fingerprint density at radius 1 is 1.18 bits per heavy atom. The number of hydrogen-bond acceptors (Lipinski definition) is 6. The van der Waals surface area contributed by atoms with Crippen LogP contribution in [0.1, 0.15) is 5.56 Å². The van der Waals surface area contributed by atoms with Gasteiger partial charge in [-0.3, -0.25) is 0 Å². The van der Waals surface area contributed by atoms with Crippen LogP contribution in [0.15, 0.2) is 42.5 Å². The first-order valence-corrected chi connectivity index (χ1v) is 8.80. The van der Waals surface area contributed by atoms with Gasteiger partial charge in [0.05, 0.1) is 24.8 Å². The van der Waals surface area contributed by atoms with Crippen LogP contribution in [-0.2, 0) is 0 Å². The van der Waals surface area contributed by atoms with Gasteiger partial charge in [0, 0.05) is 24.0 Å². The van der Waals surface area contributed by atoms with E-state index in [4.69, 9.17) is 4.74 Å². The molecule has 2 N–H and O–H groups in total. The molecule has 4 rings (SSSR count). The van der Waals surface area contributed by atoms with Crippen LogP contribution < -0.4 is 9.64 Å². The average Bonchev–Trinajstić information content (AvgIpc) is 3.04. The highest BCUT2D eigenvalue weighted by atomic mass is 19.1. The molecule has 2 atom stereocenters. The second-order valence-corrected chi connectivity index (χ2v) is 6.73. The number of anilines is 1. The first-order valence-electron chi connectivity index (χ1n) is 8.80. The van der Waals surface area contributed by atoms with Gasteiger partial charge in [0.15, 0.2) is 0 Å². The largest absolute Gasteiger partial charge is 0.497 e. The van der Waals surface area contributed by atoms with Gasteiger partial charge in [-0.15, -0.1) is 0 Å². The molecule has 2 heterocycles. The van der Waals surface area contributed by atoms with E-state index >= 15 is 0 Å². The average molecular weight is 379 g/mol. The highest BCUT2D eigenvalue weighted by Gasteiger charge is 2.33. The zero-order valence-electron chi connectivity index (χ0n) is 15.1. The fourth-order valence-electron chi connectivity index (χ4n) is 3.58. The number of pyridine rings is 1. The zero-order valence-corrected chi connectivity index (χ0v) is 15.1. The second kappa shape index (κ2) is 7.08. The molecule has 0 spiro atoms. The quantitative estimate of drug-likeness (QED) is 0.727. The molecule has 1 aliphatic heterocycles. The molecule has 0 aliphatic carbocycles. The summed E-state index contributed by atoms with van der Waals surface area (Å²) in [4.78, 5) is 6.29. The van der Waals surface area contributed by atoms with E-state index in [-0.39, 0.29) is 18.7 Å². The van der Waals surface area contributed by atoms with E-state index in [1.54, 1.807) is 42.3 Å². The third-order valence-corrected chi connectivity index (χ3v) is 4.96. The van der Waals surface area contributed by atoms with Crippen molar-refractivity contribution >= 4 is 16.7 Å². The lowest BCUT2D eigenvalue weighted by Gasteiger charge is -2.21. The predicted molar refractivity (Wildman–Crippen MR) is 103 cm³/mol. The molecule has 1 aliphatic rings. The van der Waals surface area contributed by atoms with E-state index in [0.29, 0.717) is 33.6 Å². The smallest absolute Gasteiger partial charge is 0.148 e. The number of ether oxygens (including phenoxy) is 1. The number of methoxy groups -OCH3 is 1. The molecule has 1 fully saturated rings. The standard InChI is InChI=1S/C21H18FN3O3/c1-28-14-5-6-17-15(8-14)20(12-3-2-4-13(22)7-12)16(9-23)21(24-17)25-10-18(26)19(27)11-25/h2-8,18-19,26-27H,10-11H2,1H3/t18-,19?/m0/s1. The Kier molecular flexibility index (Phi) is 4.59. The summed E-state index contributed by atoms with van der Waals surface area (Å²) in [5, 5.41) is 30.5. The van der Waals surface area contributed by atoms with Gasteiger partial charge in [0.2, 0.25) is 0 Å². The van der Waals surface area contributed by atoms with E-state index in [1.807, 2.05) is 0 Å². The van der Waals surface area contributed by atoms with Crippen molar-refractivity contribution in [2.75, 3.05) is 25.1 Å². The van der Waals surface area contributed by atoms with Crippen molar-refractivity contribution in [2.24, 2.45) is 0 Å². The Balaban J connectivity index is 2.04. The maximum Gasteiger partial charge on any atom is 0.148 e. The summed E-state index contributed by atoms with van der Waals surface area (Å²) in [5.74, 6) is 0.536. The van der Waals surface area contributed by atoms with Gasteiger partial charge in [-0.25, -0.2) is 9.37 Å². The minimum Gasteiger partial charge on any atom is -0.497 e. The van der Waals surface area contributed by atoms with E-state index < -0.39 is 18.0 Å². The Hall–Kier alpha value is -3.21. The lowest BCUT2D eigenvalue weighted by molar-refractivity contribution is 0.0572. The van der Waals surface area contributed by atoms with Crippen LogP contribution in [-0.4, -0.2) is 47.6 Å². The van der Waals surface area contributed by atoms with Crippen molar-refractivity contribution in [3.8, 4) is 22.9 Å². The summed E-state index contributed by atoms with van der Waals surface area (Å²) in [6, 6.07) is 13.5. The topological polar surface area (TPSA) is 89.6 Å². The molecule has 6 nitrogen and oxygen atoms in total. The third-order valence-electron chi connectivity index (χ3n) is 4.96. The maximum atomic E-state index is 13.9. The monoisotopic (exact) mass is 379 g/mol. The highest BCUT2D eigenvalue weighted by Crippen LogP contribution is 2.38. The number of aliphatic hydroxyl groups excluding tert-OH is 2. The summed E-state index contributed by atoms with van der Waals surface area (Å²) < 4.78 is 19.2. The summed E-state index contributed by atoms with van der Waals surface area (Å²) in [6.07, 6.45) is -1.84. The molecule has 28 heavy (non-hydrogen) atoms. The number of halogens is 1. The molecule has 1 aromatic heterocycles. The summed E-state index contributed by atoms with van der Waals surface area (Å²) in [5.41, 5.74) is 1.94. The van der Waals surface area contributed by atoms with Gasteiger partial charge in [-0.05, 0) is 35.9 Å². The molecular formula is C21H18FN3O3. The Labute approximate surface area is 161 Å². The predicted octanol–water partition coefficient (Wildman–Crippen LogP) is 2.46. The van der Waals surface area contributed by atoms with Crippen LogP contribution in [0.5, 0.6) is 5.75 Å². The Bertz CT molecular complexity index is 1090. The van der Waals surface area contributed by atoms with Crippen molar-refractivity contribution in [1.82, 2.24) is 4.98 Å². The number of aliphatic hydroxyl groups is 2. The number of rotatable bonds is 3. The highest BCUT2D eigenvalue weighted by molar-refractivity contribution is 6.00. The molecule has 1 saturated heterocycles. The molecule has 0 amide bonds. The SMILES string of the molecule is COc1ccc2nc(N3CC(O)[C@@H](O)C3)c(C#N)c(-c3cccc(F)c3)c2c1. The first-order chi connectivity index (χ1) is 13.5. The number of nitrogens with zero attached hydrogens (tertiary/aromatic N) is 3. The molecule has 142 valence electrons. The van der Waals surface area contributed by atoms with Gasteiger partial charge in [-0.1, -0.05) is 12.1 Å². The van der Waals surface area contributed by atoms with E-state index in [0.717, 1.165) is 0 Å². The summed E-state index contributed by atoms with van der Waals surface area (Å²) in [7, 11) is 1.54. The van der Waals surface area contributed by atoms with Crippen LogP contribution in [0.4, 0.5) is 10.2 Å². The van der Waals surface area contributed by atoms with E-state index in [9.17, 15) is 19.9 Å². The van der Waals surface area contributed by atoms with Crippen molar-refractivity contribution < 1.29 is 19.3 Å². The molecule has 0 bridgehead atoms. The fourth-order valence-corrected chi connectivity index (χ4v) is 3.58. The number of benzene rings is 2. The zero-order chi connectivity index (χ0) is 19.8. The van der Waals surface area contributed by atoms with Crippen molar-refractivity contribution in [3.63, 3.8) is 0 Å². The minimum absolute atomic E-state index is 0.160. The summed E-state index contributed by atoms with van der Waals surface area (Å²) in [6.45, 7) is 0.320. The van der Waals surface area contributed by atoms with Crippen molar-refractivity contribution in [1.29, 1.82) is 5.26 Å². The first kappa shape index (κ1) is 18.2. The molecule has 1 unspecified atom stereocenters. The van der Waals surface area contributed by atoms with Gasteiger partial charge < -0.3 is 19.8 Å². The van der Waals surface area contributed by atoms with Gasteiger partial charge in [0.25, 0.3) is 0 Å². The van der Waals surface area contributed by atoms with Gasteiger partial charge in [0.1, 0.15) is 29.0 Å². The number of hydrogen-bond donors (Lipinski definition) is 2. The number of aromatic nitrogens is 1. The maximum absolute atomic E-state index is 13.9. The van der Waals surface area contributed by atoms with Gasteiger partial charge in [-0.2, -0.15) is 5.26 Å².